The number of quaternary nitrogens is 1. The topological polar surface area (TPSA) is 9.23 Å². The standard InChI is InChI=1S/C7H18NO.ClH/c1-5-7-8(3,4)9-6-2;/h5-7H2,1-4H3;1H/q+1;/p-1. The third kappa shape index (κ3) is 6.33. The summed E-state index contributed by atoms with van der Waals surface area (Å²) >= 11 is 0. The minimum absolute atomic E-state index is 0. The molecule has 0 spiro atoms. The Morgan fingerprint density at radius 2 is 1.70 bits per heavy atom. The Kier molecular flexibility index (Phi) is 7.65. The second-order valence-electron chi connectivity index (χ2n) is 2.72. The summed E-state index contributed by atoms with van der Waals surface area (Å²) in [5, 5.41) is 0. The van der Waals surface area contributed by atoms with Gasteiger partial charge in [0.05, 0.1) is 14.1 Å². The predicted octanol–water partition coefficient (Wildman–Crippen LogP) is -1.57. The van der Waals surface area contributed by atoms with Gasteiger partial charge in [-0.3, -0.25) is 0 Å². The van der Waals surface area contributed by atoms with Crippen LogP contribution in [-0.4, -0.2) is 31.9 Å². The van der Waals surface area contributed by atoms with E-state index in [4.69, 9.17) is 4.84 Å². The number of hydroxylamine groups is 3. The Bertz CT molecular complexity index is 68.0. The van der Waals surface area contributed by atoms with Crippen LogP contribution in [0.4, 0.5) is 0 Å². The molecule has 64 valence electrons. The van der Waals surface area contributed by atoms with Gasteiger partial charge in [0.25, 0.3) is 0 Å². The Morgan fingerprint density at radius 1 is 1.20 bits per heavy atom. The first-order valence-electron chi connectivity index (χ1n) is 3.60. The molecule has 0 unspecified atom stereocenters. The summed E-state index contributed by atoms with van der Waals surface area (Å²) < 4.78 is 0.688. The molecule has 0 aromatic carbocycles. The Morgan fingerprint density at radius 3 is 2.00 bits per heavy atom. The zero-order valence-electron chi connectivity index (χ0n) is 7.35. The first-order valence-corrected chi connectivity index (χ1v) is 3.60. The van der Waals surface area contributed by atoms with Crippen molar-refractivity contribution >= 4 is 0 Å². The fourth-order valence-electron chi connectivity index (χ4n) is 0.953. The van der Waals surface area contributed by atoms with Gasteiger partial charge in [-0.2, -0.15) is 4.65 Å². The van der Waals surface area contributed by atoms with Crippen LogP contribution in [0, 0.1) is 0 Å². The highest BCUT2D eigenvalue weighted by molar-refractivity contribution is 4.18. The molecule has 0 aliphatic carbocycles. The lowest BCUT2D eigenvalue weighted by molar-refractivity contribution is -1.08. The third-order valence-electron chi connectivity index (χ3n) is 1.24. The van der Waals surface area contributed by atoms with Crippen molar-refractivity contribution in [1.29, 1.82) is 0 Å². The van der Waals surface area contributed by atoms with E-state index in [-0.39, 0.29) is 12.4 Å². The van der Waals surface area contributed by atoms with Gasteiger partial charge in [-0.15, -0.1) is 0 Å². The molecule has 0 aromatic rings. The average Bonchev–Trinajstić information content (AvgIpc) is 1.64. The summed E-state index contributed by atoms with van der Waals surface area (Å²) in [4.78, 5) is 5.41. The summed E-state index contributed by atoms with van der Waals surface area (Å²) in [5.74, 6) is 0. The molecule has 3 heteroatoms. The molecule has 0 amide bonds. The highest BCUT2D eigenvalue weighted by Crippen LogP contribution is 1.98. The van der Waals surface area contributed by atoms with E-state index in [1.807, 2.05) is 6.92 Å². The van der Waals surface area contributed by atoms with Gasteiger partial charge in [0.15, 0.2) is 0 Å². The fourth-order valence-corrected chi connectivity index (χ4v) is 0.953. The quantitative estimate of drug-likeness (QED) is 0.363. The monoisotopic (exact) mass is 167 g/mol. The summed E-state index contributed by atoms with van der Waals surface area (Å²) in [7, 11) is 4.15. The molecule has 0 saturated carbocycles. The van der Waals surface area contributed by atoms with Crippen LogP contribution in [0.2, 0.25) is 0 Å². The third-order valence-corrected chi connectivity index (χ3v) is 1.24. The van der Waals surface area contributed by atoms with Crippen LogP contribution < -0.4 is 12.4 Å². The van der Waals surface area contributed by atoms with Crippen LogP contribution in [0.15, 0.2) is 0 Å². The van der Waals surface area contributed by atoms with Crippen molar-refractivity contribution in [2.75, 3.05) is 27.2 Å². The smallest absolute Gasteiger partial charge is 0.108 e. The van der Waals surface area contributed by atoms with Crippen molar-refractivity contribution in [3.63, 3.8) is 0 Å². The van der Waals surface area contributed by atoms with Gasteiger partial charge >= 0.3 is 0 Å². The summed E-state index contributed by atoms with van der Waals surface area (Å²) in [6.45, 7) is 6.08. The van der Waals surface area contributed by atoms with Gasteiger partial charge in [0.1, 0.15) is 13.2 Å². The van der Waals surface area contributed by atoms with E-state index >= 15 is 0 Å². The summed E-state index contributed by atoms with van der Waals surface area (Å²) in [6, 6.07) is 0. The van der Waals surface area contributed by atoms with Crippen molar-refractivity contribution in [2.45, 2.75) is 20.3 Å². The zero-order chi connectivity index (χ0) is 7.33. The first kappa shape index (κ1) is 12.8. The molecular formula is C7H18ClNO. The fraction of sp³-hybridized carbons (Fsp3) is 1.00. The minimum Gasteiger partial charge on any atom is -1.00 e. The van der Waals surface area contributed by atoms with Crippen molar-refractivity contribution in [2.24, 2.45) is 0 Å². The lowest BCUT2D eigenvalue weighted by atomic mass is 10.4. The highest BCUT2D eigenvalue weighted by atomic mass is 35.5. The molecule has 2 nitrogen and oxygen atoms in total. The predicted molar refractivity (Wildman–Crippen MR) is 38.9 cm³/mol. The Hall–Kier alpha value is 0.210. The minimum atomic E-state index is 0. The molecule has 0 rings (SSSR count). The van der Waals surface area contributed by atoms with E-state index in [2.05, 4.69) is 21.0 Å². The molecule has 10 heavy (non-hydrogen) atoms. The Balaban J connectivity index is 0. The van der Waals surface area contributed by atoms with Gasteiger partial charge in [-0.05, 0) is 13.3 Å². The van der Waals surface area contributed by atoms with Crippen LogP contribution in [0.25, 0.3) is 0 Å². The molecule has 0 saturated heterocycles. The molecule has 0 N–H and O–H groups in total. The maximum atomic E-state index is 5.41. The highest BCUT2D eigenvalue weighted by Gasteiger charge is 2.12. The summed E-state index contributed by atoms with van der Waals surface area (Å²) in [5.41, 5.74) is 0. The van der Waals surface area contributed by atoms with Crippen molar-refractivity contribution < 1.29 is 21.9 Å². The second kappa shape index (κ2) is 5.96. The van der Waals surface area contributed by atoms with E-state index in [9.17, 15) is 0 Å². The maximum absolute atomic E-state index is 5.41. The van der Waals surface area contributed by atoms with E-state index in [1.165, 1.54) is 6.42 Å². The zero-order valence-corrected chi connectivity index (χ0v) is 8.11. The van der Waals surface area contributed by atoms with Crippen molar-refractivity contribution in [3.05, 3.63) is 0 Å². The van der Waals surface area contributed by atoms with Crippen LogP contribution in [0.5, 0.6) is 0 Å². The van der Waals surface area contributed by atoms with Gasteiger partial charge in [0.2, 0.25) is 0 Å². The number of hydrogen-bond acceptors (Lipinski definition) is 1. The normalized spacial score (nSPS) is 10.8. The molecule has 0 aliphatic rings. The SMILES string of the molecule is CCC[N+](C)(C)OCC.[Cl-]. The lowest BCUT2D eigenvalue weighted by Gasteiger charge is -2.25. The number of halogens is 1. The molecular weight excluding hydrogens is 150 g/mol. The molecule has 0 aliphatic heterocycles. The molecule has 0 radical (unpaired) electrons. The maximum Gasteiger partial charge on any atom is 0.108 e. The number of hydrogen-bond donors (Lipinski definition) is 0. The van der Waals surface area contributed by atoms with Crippen LogP contribution in [-0.2, 0) is 4.84 Å². The number of rotatable bonds is 4. The van der Waals surface area contributed by atoms with E-state index < -0.39 is 0 Å². The van der Waals surface area contributed by atoms with E-state index in [1.54, 1.807) is 0 Å². The second-order valence-corrected chi connectivity index (χ2v) is 2.72. The number of nitrogens with zero attached hydrogens (tertiary/aromatic N) is 1. The van der Waals surface area contributed by atoms with Gasteiger partial charge < -0.3 is 12.4 Å². The van der Waals surface area contributed by atoms with Gasteiger partial charge in [0, 0.05) is 0 Å². The molecule has 0 atom stereocenters. The first-order chi connectivity index (χ1) is 4.12. The molecule has 0 bridgehead atoms. The molecule has 0 aromatic heterocycles. The van der Waals surface area contributed by atoms with E-state index in [0.29, 0.717) is 4.65 Å². The summed E-state index contributed by atoms with van der Waals surface area (Å²) in [6.07, 6.45) is 1.17. The van der Waals surface area contributed by atoms with Crippen molar-refractivity contribution in [1.82, 2.24) is 0 Å². The van der Waals surface area contributed by atoms with E-state index in [0.717, 1.165) is 13.2 Å². The average molecular weight is 168 g/mol. The Labute approximate surface area is 70.1 Å². The molecule has 0 fully saturated rings. The van der Waals surface area contributed by atoms with Crippen molar-refractivity contribution in [3.8, 4) is 0 Å². The van der Waals surface area contributed by atoms with Gasteiger partial charge in [-0.25, -0.2) is 4.84 Å². The lowest BCUT2D eigenvalue weighted by Crippen LogP contribution is -3.00. The molecule has 0 heterocycles. The van der Waals surface area contributed by atoms with Crippen LogP contribution in [0.3, 0.4) is 0 Å². The van der Waals surface area contributed by atoms with Crippen LogP contribution in [0.1, 0.15) is 20.3 Å². The van der Waals surface area contributed by atoms with Gasteiger partial charge in [-0.1, -0.05) is 6.92 Å². The largest absolute Gasteiger partial charge is 1.00 e. The van der Waals surface area contributed by atoms with Crippen LogP contribution >= 0.6 is 0 Å².